The Hall–Kier alpha value is -2.39. The fourth-order valence-electron chi connectivity index (χ4n) is 3.63. The van der Waals surface area contributed by atoms with Gasteiger partial charge in [0.2, 0.25) is 0 Å². The van der Waals surface area contributed by atoms with Crippen LogP contribution in [-0.2, 0) is 17.3 Å². The van der Waals surface area contributed by atoms with Gasteiger partial charge in [-0.2, -0.15) is 0 Å². The highest BCUT2D eigenvalue weighted by Crippen LogP contribution is 2.34. The third-order valence-electron chi connectivity index (χ3n) is 5.42. The molecule has 3 aromatic heterocycles. The normalized spacial score (nSPS) is 12.6. The van der Waals surface area contributed by atoms with Crippen molar-refractivity contribution in [3.05, 3.63) is 76.2 Å². The summed E-state index contributed by atoms with van der Waals surface area (Å²) in [7, 11) is 0. The standard InChI is InChI=1S/C25H28N2S/c1-24(2,3)23-8-6-7-22(27-23)18-14-20(28-16-18)15-25(4,5)19-9-10-21-17(13-19)11-12-26-21/h6-14,16,26H,15H2,1-5H3. The van der Waals surface area contributed by atoms with Gasteiger partial charge in [-0.15, -0.1) is 11.3 Å². The summed E-state index contributed by atoms with van der Waals surface area (Å²) < 4.78 is 0. The number of hydrogen-bond donors (Lipinski definition) is 1. The molecule has 0 unspecified atom stereocenters. The lowest BCUT2D eigenvalue weighted by Gasteiger charge is -2.25. The van der Waals surface area contributed by atoms with E-state index in [1.807, 2.05) is 17.5 Å². The zero-order chi connectivity index (χ0) is 19.9. The van der Waals surface area contributed by atoms with E-state index in [1.165, 1.54) is 26.9 Å². The van der Waals surface area contributed by atoms with E-state index < -0.39 is 0 Å². The average Bonchev–Trinajstić information content (AvgIpc) is 3.29. The van der Waals surface area contributed by atoms with Gasteiger partial charge in [-0.1, -0.05) is 46.8 Å². The molecule has 144 valence electrons. The molecule has 0 spiro atoms. The molecule has 0 radical (unpaired) electrons. The van der Waals surface area contributed by atoms with Gasteiger partial charge in [0.05, 0.1) is 5.69 Å². The minimum absolute atomic E-state index is 0.0632. The summed E-state index contributed by atoms with van der Waals surface area (Å²) in [6.45, 7) is 11.3. The molecule has 0 fully saturated rings. The lowest BCUT2D eigenvalue weighted by molar-refractivity contribution is 0.527. The molecule has 1 N–H and O–H groups in total. The number of rotatable bonds is 4. The lowest BCUT2D eigenvalue weighted by atomic mass is 9.80. The summed E-state index contributed by atoms with van der Waals surface area (Å²) in [5.74, 6) is 0. The molecule has 0 aliphatic carbocycles. The highest BCUT2D eigenvalue weighted by Gasteiger charge is 2.23. The number of thiophene rings is 1. The predicted molar refractivity (Wildman–Crippen MR) is 121 cm³/mol. The summed E-state index contributed by atoms with van der Waals surface area (Å²) >= 11 is 1.84. The van der Waals surface area contributed by atoms with Crippen molar-refractivity contribution in [2.45, 2.75) is 51.9 Å². The Bertz CT molecular complexity index is 1110. The maximum absolute atomic E-state index is 4.91. The number of aromatic amines is 1. The number of fused-ring (bicyclic) bond motifs is 1. The third-order valence-corrected chi connectivity index (χ3v) is 6.35. The Morgan fingerprint density at radius 3 is 2.57 bits per heavy atom. The minimum Gasteiger partial charge on any atom is -0.361 e. The van der Waals surface area contributed by atoms with Crippen molar-refractivity contribution in [2.75, 3.05) is 0 Å². The SMILES string of the molecule is CC(C)(C)c1cccc(-c2csc(CC(C)(C)c3ccc4[nH]ccc4c3)c2)n1. The molecule has 3 heteroatoms. The zero-order valence-corrected chi connectivity index (χ0v) is 18.2. The first-order chi connectivity index (χ1) is 13.2. The monoisotopic (exact) mass is 388 g/mol. The highest BCUT2D eigenvalue weighted by molar-refractivity contribution is 7.10. The first-order valence-electron chi connectivity index (χ1n) is 9.85. The lowest BCUT2D eigenvalue weighted by Crippen LogP contribution is -2.19. The summed E-state index contributed by atoms with van der Waals surface area (Å²) in [4.78, 5) is 9.59. The molecule has 3 heterocycles. The maximum Gasteiger partial charge on any atom is 0.0713 e. The van der Waals surface area contributed by atoms with Gasteiger partial charge in [-0.25, -0.2) is 0 Å². The zero-order valence-electron chi connectivity index (χ0n) is 17.3. The summed E-state index contributed by atoms with van der Waals surface area (Å²) in [5, 5.41) is 3.52. The number of aromatic nitrogens is 2. The molecule has 4 rings (SSSR count). The smallest absolute Gasteiger partial charge is 0.0713 e. The van der Waals surface area contributed by atoms with Gasteiger partial charge in [-0.05, 0) is 59.2 Å². The van der Waals surface area contributed by atoms with Crippen LogP contribution in [0, 0.1) is 0 Å². The Labute approximate surface area is 171 Å². The fourth-order valence-corrected chi connectivity index (χ4v) is 4.74. The molecule has 0 atom stereocenters. The molecule has 0 bridgehead atoms. The second-order valence-electron chi connectivity index (χ2n) is 9.30. The first-order valence-corrected chi connectivity index (χ1v) is 10.7. The van der Waals surface area contributed by atoms with Crippen molar-refractivity contribution in [3.8, 4) is 11.3 Å². The Balaban J connectivity index is 1.59. The van der Waals surface area contributed by atoms with Crippen LogP contribution in [-0.4, -0.2) is 9.97 Å². The molecule has 28 heavy (non-hydrogen) atoms. The predicted octanol–water partition coefficient (Wildman–Crippen LogP) is 7.11. The van der Waals surface area contributed by atoms with E-state index >= 15 is 0 Å². The van der Waals surface area contributed by atoms with E-state index in [-0.39, 0.29) is 10.8 Å². The van der Waals surface area contributed by atoms with E-state index in [1.54, 1.807) is 0 Å². The van der Waals surface area contributed by atoms with Crippen LogP contribution in [0.25, 0.3) is 22.2 Å². The Kier molecular flexibility index (Phi) is 4.67. The number of hydrogen-bond acceptors (Lipinski definition) is 2. The molecule has 0 amide bonds. The van der Waals surface area contributed by atoms with E-state index in [4.69, 9.17) is 4.98 Å². The maximum atomic E-state index is 4.91. The third kappa shape index (κ3) is 3.77. The number of benzene rings is 1. The van der Waals surface area contributed by atoms with Gasteiger partial charge in [0.15, 0.2) is 0 Å². The largest absolute Gasteiger partial charge is 0.361 e. The van der Waals surface area contributed by atoms with E-state index in [9.17, 15) is 0 Å². The second-order valence-corrected chi connectivity index (χ2v) is 10.3. The van der Waals surface area contributed by atoms with Gasteiger partial charge in [0, 0.05) is 38.6 Å². The van der Waals surface area contributed by atoms with Crippen LogP contribution in [0.1, 0.15) is 50.8 Å². The first kappa shape index (κ1) is 18.9. The van der Waals surface area contributed by atoms with Crippen LogP contribution in [0.4, 0.5) is 0 Å². The topological polar surface area (TPSA) is 28.7 Å². The highest BCUT2D eigenvalue weighted by atomic mass is 32.1. The Morgan fingerprint density at radius 1 is 0.964 bits per heavy atom. The van der Waals surface area contributed by atoms with Gasteiger partial charge >= 0.3 is 0 Å². The van der Waals surface area contributed by atoms with Crippen LogP contribution in [0.3, 0.4) is 0 Å². The quantitative estimate of drug-likeness (QED) is 0.396. The molecular weight excluding hydrogens is 360 g/mol. The van der Waals surface area contributed by atoms with Crippen molar-refractivity contribution in [1.82, 2.24) is 9.97 Å². The van der Waals surface area contributed by atoms with Crippen molar-refractivity contribution in [1.29, 1.82) is 0 Å². The van der Waals surface area contributed by atoms with E-state index in [0.717, 1.165) is 17.8 Å². The van der Waals surface area contributed by atoms with Gasteiger partial charge in [-0.3, -0.25) is 4.98 Å². The Morgan fingerprint density at radius 2 is 1.79 bits per heavy atom. The average molecular weight is 389 g/mol. The van der Waals surface area contributed by atoms with E-state index in [0.29, 0.717) is 0 Å². The van der Waals surface area contributed by atoms with Crippen LogP contribution in [0.2, 0.25) is 0 Å². The molecule has 0 aliphatic heterocycles. The van der Waals surface area contributed by atoms with Crippen LogP contribution >= 0.6 is 11.3 Å². The molecule has 0 saturated carbocycles. The number of nitrogens with one attached hydrogen (secondary N) is 1. The summed E-state index contributed by atoms with van der Waals surface area (Å²) in [6, 6.07) is 17.6. The molecular formula is C25H28N2S. The van der Waals surface area contributed by atoms with Crippen LogP contribution < -0.4 is 0 Å². The number of nitrogens with zero attached hydrogens (tertiary/aromatic N) is 1. The number of H-pyrrole nitrogens is 1. The number of pyridine rings is 1. The fraction of sp³-hybridized carbons (Fsp3) is 0.320. The molecule has 1 aromatic carbocycles. The van der Waals surface area contributed by atoms with E-state index in [2.05, 4.69) is 93.5 Å². The summed E-state index contributed by atoms with van der Waals surface area (Å²) in [6.07, 6.45) is 3.03. The van der Waals surface area contributed by atoms with Crippen molar-refractivity contribution in [2.24, 2.45) is 0 Å². The molecule has 0 saturated heterocycles. The van der Waals surface area contributed by atoms with Crippen LogP contribution in [0.5, 0.6) is 0 Å². The van der Waals surface area contributed by atoms with Crippen LogP contribution in [0.15, 0.2) is 60.1 Å². The van der Waals surface area contributed by atoms with Crippen molar-refractivity contribution in [3.63, 3.8) is 0 Å². The van der Waals surface area contributed by atoms with Gasteiger partial charge in [0.1, 0.15) is 0 Å². The molecule has 2 nitrogen and oxygen atoms in total. The van der Waals surface area contributed by atoms with Gasteiger partial charge in [0.25, 0.3) is 0 Å². The minimum atomic E-state index is 0.0632. The van der Waals surface area contributed by atoms with Crippen molar-refractivity contribution < 1.29 is 0 Å². The molecule has 4 aromatic rings. The van der Waals surface area contributed by atoms with Crippen molar-refractivity contribution >= 4 is 22.2 Å². The summed E-state index contributed by atoms with van der Waals surface area (Å²) in [5.41, 5.74) is 6.15. The second kappa shape index (κ2) is 6.89. The van der Waals surface area contributed by atoms with Gasteiger partial charge < -0.3 is 4.98 Å². The molecule has 0 aliphatic rings.